The third kappa shape index (κ3) is 8.45. The zero-order valence-corrected chi connectivity index (χ0v) is 23.3. The van der Waals surface area contributed by atoms with Crippen molar-refractivity contribution >= 4 is 58.4 Å². The molecule has 2 amide bonds. The van der Waals surface area contributed by atoms with E-state index in [1.54, 1.807) is 23.1 Å². The standard InChI is InChI=1S/C28H29Cl3N2O2S/c1-19(2)32-28(35)26(14-20-8-4-3-5-9-20)33(16-21-12-13-23(29)15-25(21)31)27(34)18-36-17-22-10-6-7-11-24(22)30/h3-13,15,19,26H,14,16-18H2,1-2H3,(H,32,35). The SMILES string of the molecule is CC(C)NC(=O)C(Cc1ccccc1)N(Cc1ccc(Cl)cc1Cl)C(=O)CSCc1ccccc1Cl. The fourth-order valence-corrected chi connectivity index (χ4v) is 5.38. The fraction of sp³-hybridized carbons (Fsp3) is 0.286. The molecule has 8 heteroatoms. The largest absolute Gasteiger partial charge is 0.352 e. The lowest BCUT2D eigenvalue weighted by atomic mass is 10.0. The molecule has 190 valence electrons. The smallest absolute Gasteiger partial charge is 0.243 e. The molecular weight excluding hydrogens is 535 g/mol. The Hall–Kier alpha value is -2.18. The third-order valence-electron chi connectivity index (χ3n) is 5.50. The number of benzene rings is 3. The summed E-state index contributed by atoms with van der Waals surface area (Å²) < 4.78 is 0. The van der Waals surface area contributed by atoms with Crippen LogP contribution in [0.3, 0.4) is 0 Å². The second-order valence-corrected chi connectivity index (χ2v) is 10.9. The van der Waals surface area contributed by atoms with Crippen LogP contribution in [0.2, 0.25) is 15.1 Å². The molecule has 0 saturated heterocycles. The number of nitrogens with zero attached hydrogens (tertiary/aromatic N) is 1. The molecule has 0 saturated carbocycles. The molecule has 3 rings (SSSR count). The summed E-state index contributed by atoms with van der Waals surface area (Å²) in [6.07, 6.45) is 0.380. The summed E-state index contributed by atoms with van der Waals surface area (Å²) in [6, 6.07) is 21.7. The molecule has 1 N–H and O–H groups in total. The normalized spacial score (nSPS) is 11.8. The van der Waals surface area contributed by atoms with E-state index in [2.05, 4.69) is 5.32 Å². The van der Waals surface area contributed by atoms with Crippen LogP contribution in [0.5, 0.6) is 0 Å². The number of nitrogens with one attached hydrogen (secondary N) is 1. The Morgan fingerprint density at radius 2 is 1.58 bits per heavy atom. The topological polar surface area (TPSA) is 49.4 Å². The molecule has 3 aromatic rings. The Bertz CT molecular complexity index is 1170. The third-order valence-corrected chi connectivity index (χ3v) is 7.42. The molecule has 1 atom stereocenters. The highest BCUT2D eigenvalue weighted by Crippen LogP contribution is 2.26. The molecule has 0 aliphatic heterocycles. The first-order chi connectivity index (χ1) is 17.2. The Morgan fingerprint density at radius 1 is 0.889 bits per heavy atom. The molecule has 3 aromatic carbocycles. The zero-order chi connectivity index (χ0) is 26.1. The van der Waals surface area contributed by atoms with Gasteiger partial charge in [0.05, 0.1) is 5.75 Å². The number of carbonyl (C=O) groups excluding carboxylic acids is 2. The van der Waals surface area contributed by atoms with Crippen molar-refractivity contribution in [2.75, 3.05) is 5.75 Å². The van der Waals surface area contributed by atoms with Crippen molar-refractivity contribution in [3.05, 3.63) is 105 Å². The molecule has 0 aliphatic rings. The van der Waals surface area contributed by atoms with Crippen LogP contribution < -0.4 is 5.32 Å². The minimum atomic E-state index is -0.713. The van der Waals surface area contributed by atoms with Crippen molar-refractivity contribution in [3.8, 4) is 0 Å². The summed E-state index contributed by atoms with van der Waals surface area (Å²) in [4.78, 5) is 28.7. The maximum atomic E-state index is 13.6. The minimum absolute atomic E-state index is 0.0681. The van der Waals surface area contributed by atoms with Crippen LogP contribution in [0.4, 0.5) is 0 Å². The lowest BCUT2D eigenvalue weighted by Gasteiger charge is -2.32. The Kier molecular flexibility index (Phi) is 11.0. The quantitative estimate of drug-likeness (QED) is 0.272. The van der Waals surface area contributed by atoms with E-state index in [0.29, 0.717) is 27.2 Å². The molecule has 0 radical (unpaired) electrons. The molecule has 0 aliphatic carbocycles. The first kappa shape index (κ1) is 28.4. The Labute approximate surface area is 232 Å². The van der Waals surface area contributed by atoms with Crippen LogP contribution >= 0.6 is 46.6 Å². The van der Waals surface area contributed by atoms with E-state index in [4.69, 9.17) is 34.8 Å². The summed E-state index contributed by atoms with van der Waals surface area (Å²) in [5.41, 5.74) is 2.65. The van der Waals surface area contributed by atoms with Crippen molar-refractivity contribution in [2.24, 2.45) is 0 Å². The first-order valence-corrected chi connectivity index (χ1v) is 13.9. The van der Waals surface area contributed by atoms with E-state index in [-0.39, 0.29) is 30.2 Å². The summed E-state index contributed by atoms with van der Waals surface area (Å²) >= 11 is 20.3. The summed E-state index contributed by atoms with van der Waals surface area (Å²) in [5, 5.41) is 4.61. The van der Waals surface area contributed by atoms with Crippen molar-refractivity contribution in [1.82, 2.24) is 10.2 Å². The molecular formula is C28H29Cl3N2O2S. The second-order valence-electron chi connectivity index (χ2n) is 8.71. The highest BCUT2D eigenvalue weighted by atomic mass is 35.5. The van der Waals surface area contributed by atoms with E-state index in [1.165, 1.54) is 11.8 Å². The fourth-order valence-electron chi connectivity index (χ4n) is 3.71. The lowest BCUT2D eigenvalue weighted by Crippen LogP contribution is -2.52. The van der Waals surface area contributed by atoms with Gasteiger partial charge in [-0.3, -0.25) is 9.59 Å². The zero-order valence-electron chi connectivity index (χ0n) is 20.2. The van der Waals surface area contributed by atoms with Gasteiger partial charge in [-0.1, -0.05) is 89.4 Å². The van der Waals surface area contributed by atoms with E-state index >= 15 is 0 Å². The molecule has 0 bridgehead atoms. The summed E-state index contributed by atoms with van der Waals surface area (Å²) in [6.45, 7) is 3.99. The highest BCUT2D eigenvalue weighted by molar-refractivity contribution is 7.99. The number of amides is 2. The van der Waals surface area contributed by atoms with Crippen LogP contribution in [0.1, 0.15) is 30.5 Å². The summed E-state index contributed by atoms with van der Waals surface area (Å²) in [7, 11) is 0. The highest BCUT2D eigenvalue weighted by Gasteiger charge is 2.31. The number of halogens is 3. The van der Waals surface area contributed by atoms with Crippen molar-refractivity contribution in [1.29, 1.82) is 0 Å². The number of carbonyl (C=O) groups is 2. The number of rotatable bonds is 11. The molecule has 0 aromatic heterocycles. The van der Waals surface area contributed by atoms with Crippen LogP contribution in [0.15, 0.2) is 72.8 Å². The number of hydrogen-bond donors (Lipinski definition) is 1. The molecule has 1 unspecified atom stereocenters. The van der Waals surface area contributed by atoms with Crippen molar-refractivity contribution in [2.45, 2.75) is 44.6 Å². The maximum Gasteiger partial charge on any atom is 0.243 e. The minimum Gasteiger partial charge on any atom is -0.352 e. The van der Waals surface area contributed by atoms with Gasteiger partial charge in [0.15, 0.2) is 0 Å². The van der Waals surface area contributed by atoms with Crippen molar-refractivity contribution in [3.63, 3.8) is 0 Å². The number of hydrogen-bond acceptors (Lipinski definition) is 3. The van der Waals surface area contributed by atoms with Crippen LogP contribution in [0.25, 0.3) is 0 Å². The predicted molar refractivity (Wildman–Crippen MR) is 152 cm³/mol. The average molecular weight is 564 g/mol. The first-order valence-electron chi connectivity index (χ1n) is 11.6. The molecule has 0 spiro atoms. The van der Waals surface area contributed by atoms with Gasteiger partial charge in [0.1, 0.15) is 6.04 Å². The Morgan fingerprint density at radius 3 is 2.25 bits per heavy atom. The van der Waals surface area contributed by atoms with Gasteiger partial charge in [-0.2, -0.15) is 0 Å². The van der Waals surface area contributed by atoms with Crippen LogP contribution in [0, 0.1) is 0 Å². The van der Waals surface area contributed by atoms with Gasteiger partial charge in [0.2, 0.25) is 11.8 Å². The number of thioether (sulfide) groups is 1. The van der Waals surface area contributed by atoms with Crippen LogP contribution in [-0.2, 0) is 28.3 Å². The maximum absolute atomic E-state index is 13.6. The van der Waals surface area contributed by atoms with E-state index < -0.39 is 6.04 Å². The molecule has 0 heterocycles. The van der Waals surface area contributed by atoms with Crippen molar-refractivity contribution < 1.29 is 9.59 Å². The average Bonchev–Trinajstić information content (AvgIpc) is 2.84. The second kappa shape index (κ2) is 13.9. The molecule has 4 nitrogen and oxygen atoms in total. The monoisotopic (exact) mass is 562 g/mol. The van der Waals surface area contributed by atoms with Gasteiger partial charge in [-0.05, 0) is 48.7 Å². The Balaban J connectivity index is 1.88. The van der Waals surface area contributed by atoms with Gasteiger partial charge in [-0.15, -0.1) is 11.8 Å². The summed E-state index contributed by atoms with van der Waals surface area (Å²) in [5.74, 6) is 0.417. The van der Waals surface area contributed by atoms with Gasteiger partial charge in [0, 0.05) is 39.8 Å². The molecule has 36 heavy (non-hydrogen) atoms. The lowest BCUT2D eigenvalue weighted by molar-refractivity contribution is -0.139. The van der Waals surface area contributed by atoms with E-state index in [1.807, 2.05) is 68.4 Å². The van der Waals surface area contributed by atoms with Gasteiger partial charge in [0.25, 0.3) is 0 Å². The molecule has 0 fully saturated rings. The predicted octanol–water partition coefficient (Wildman–Crippen LogP) is 7.04. The van der Waals surface area contributed by atoms with Gasteiger partial charge in [-0.25, -0.2) is 0 Å². The van der Waals surface area contributed by atoms with Gasteiger partial charge >= 0.3 is 0 Å². The van der Waals surface area contributed by atoms with E-state index in [0.717, 1.165) is 16.7 Å². The van der Waals surface area contributed by atoms with Crippen LogP contribution in [-0.4, -0.2) is 34.6 Å². The van der Waals surface area contributed by atoms with Gasteiger partial charge < -0.3 is 10.2 Å². The van der Waals surface area contributed by atoms with E-state index in [9.17, 15) is 9.59 Å².